The Morgan fingerprint density at radius 3 is 2.48 bits per heavy atom. The van der Waals surface area contributed by atoms with Crippen LogP contribution in [-0.4, -0.2) is 64.9 Å². The van der Waals surface area contributed by atoms with Crippen LogP contribution < -0.4 is 16.4 Å². The van der Waals surface area contributed by atoms with Crippen molar-refractivity contribution in [3.63, 3.8) is 0 Å². The van der Waals surface area contributed by atoms with Crippen molar-refractivity contribution < 1.29 is 24.3 Å². The van der Waals surface area contributed by atoms with Gasteiger partial charge in [0.1, 0.15) is 6.04 Å². The molecular formula is C24H30N4O5. The van der Waals surface area contributed by atoms with E-state index in [2.05, 4.69) is 10.6 Å². The highest BCUT2D eigenvalue weighted by Gasteiger charge is 2.37. The molecule has 0 aliphatic carbocycles. The number of nitrogens with one attached hydrogen (secondary N) is 2. The van der Waals surface area contributed by atoms with Gasteiger partial charge in [-0.3, -0.25) is 19.2 Å². The fraction of sp³-hybridized carbons (Fsp3) is 0.417. The molecule has 0 saturated carbocycles. The summed E-state index contributed by atoms with van der Waals surface area (Å²) in [5, 5.41) is 17.2. The van der Waals surface area contributed by atoms with Gasteiger partial charge in [0.15, 0.2) is 6.10 Å². The third-order valence-electron chi connectivity index (χ3n) is 5.95. The number of benzene rings is 2. The van der Waals surface area contributed by atoms with E-state index in [0.29, 0.717) is 24.9 Å². The van der Waals surface area contributed by atoms with Gasteiger partial charge in [-0.2, -0.15) is 0 Å². The van der Waals surface area contributed by atoms with E-state index in [1.54, 1.807) is 26.0 Å². The molecule has 176 valence electrons. The van der Waals surface area contributed by atoms with Gasteiger partial charge in [0, 0.05) is 12.1 Å². The van der Waals surface area contributed by atoms with Crippen molar-refractivity contribution in [3.05, 3.63) is 48.0 Å². The summed E-state index contributed by atoms with van der Waals surface area (Å²) in [7, 11) is 0. The molecule has 33 heavy (non-hydrogen) atoms. The van der Waals surface area contributed by atoms with Crippen molar-refractivity contribution in [1.82, 2.24) is 15.5 Å². The number of aliphatic hydroxyl groups excluding tert-OH is 1. The fourth-order valence-corrected chi connectivity index (χ4v) is 4.08. The van der Waals surface area contributed by atoms with Crippen molar-refractivity contribution in [2.75, 3.05) is 13.1 Å². The summed E-state index contributed by atoms with van der Waals surface area (Å²) in [5.74, 6) is -2.38. The standard InChI is InChI=1S/C24H30N4O5/c1-14(2)20(21(30)22(25)31)27-24(33)18-8-5-11-28(18)19(29)13-26-23(32)17-10-9-15-6-3-4-7-16(15)12-17/h3-4,6-7,9-10,12,14,18,20-21,30H,5,8,11,13H2,1-2H3,(H2,25,31)(H,26,32)(H,27,33). The zero-order chi connectivity index (χ0) is 24.1. The average Bonchev–Trinajstić information content (AvgIpc) is 3.29. The number of carbonyl (C=O) groups is 4. The Labute approximate surface area is 192 Å². The number of rotatable bonds is 8. The summed E-state index contributed by atoms with van der Waals surface area (Å²) < 4.78 is 0. The van der Waals surface area contributed by atoms with Crippen LogP contribution in [0.2, 0.25) is 0 Å². The van der Waals surface area contributed by atoms with Crippen LogP contribution in [0.1, 0.15) is 37.0 Å². The van der Waals surface area contributed by atoms with E-state index in [-0.39, 0.29) is 24.3 Å². The van der Waals surface area contributed by atoms with E-state index >= 15 is 0 Å². The number of hydrogen-bond acceptors (Lipinski definition) is 5. The number of fused-ring (bicyclic) bond motifs is 1. The highest BCUT2D eigenvalue weighted by atomic mass is 16.3. The van der Waals surface area contributed by atoms with Crippen molar-refractivity contribution in [2.45, 2.75) is 44.9 Å². The molecule has 1 aliphatic rings. The average molecular weight is 455 g/mol. The smallest absolute Gasteiger partial charge is 0.251 e. The minimum atomic E-state index is -1.53. The second kappa shape index (κ2) is 10.4. The van der Waals surface area contributed by atoms with Gasteiger partial charge in [0.05, 0.1) is 12.6 Å². The lowest BCUT2D eigenvalue weighted by atomic mass is 9.97. The molecule has 0 aromatic heterocycles. The summed E-state index contributed by atoms with van der Waals surface area (Å²) in [6.45, 7) is 3.63. The molecule has 1 saturated heterocycles. The second-order valence-corrected chi connectivity index (χ2v) is 8.62. The highest BCUT2D eigenvalue weighted by molar-refractivity contribution is 6.00. The first kappa shape index (κ1) is 24.2. The molecule has 0 spiro atoms. The van der Waals surface area contributed by atoms with Crippen LogP contribution >= 0.6 is 0 Å². The third kappa shape index (κ3) is 5.67. The monoisotopic (exact) mass is 454 g/mol. The first-order chi connectivity index (χ1) is 15.7. The molecule has 9 nitrogen and oxygen atoms in total. The summed E-state index contributed by atoms with van der Waals surface area (Å²) in [4.78, 5) is 51.0. The van der Waals surface area contributed by atoms with E-state index in [4.69, 9.17) is 5.73 Å². The molecule has 0 bridgehead atoms. The Kier molecular flexibility index (Phi) is 7.65. The molecule has 0 radical (unpaired) electrons. The van der Waals surface area contributed by atoms with Gasteiger partial charge in [0.25, 0.3) is 5.91 Å². The zero-order valence-electron chi connectivity index (χ0n) is 18.8. The Hall–Kier alpha value is -3.46. The van der Waals surface area contributed by atoms with E-state index in [0.717, 1.165) is 10.8 Å². The van der Waals surface area contributed by atoms with E-state index in [9.17, 15) is 24.3 Å². The topological polar surface area (TPSA) is 142 Å². The third-order valence-corrected chi connectivity index (χ3v) is 5.95. The number of carbonyl (C=O) groups excluding carboxylic acids is 4. The summed E-state index contributed by atoms with van der Waals surface area (Å²) in [6, 6.07) is 11.4. The zero-order valence-corrected chi connectivity index (χ0v) is 18.8. The van der Waals surface area contributed by atoms with Crippen LogP contribution in [0.15, 0.2) is 42.5 Å². The second-order valence-electron chi connectivity index (χ2n) is 8.62. The minimum absolute atomic E-state index is 0.243. The summed E-state index contributed by atoms with van der Waals surface area (Å²) in [5.41, 5.74) is 5.62. The van der Waals surface area contributed by atoms with Gasteiger partial charge in [0.2, 0.25) is 17.7 Å². The number of likely N-dealkylation sites (tertiary alicyclic amines) is 1. The van der Waals surface area contributed by atoms with Crippen LogP contribution in [0.5, 0.6) is 0 Å². The maximum atomic E-state index is 12.8. The van der Waals surface area contributed by atoms with Crippen LogP contribution in [-0.2, 0) is 14.4 Å². The Morgan fingerprint density at radius 2 is 1.82 bits per heavy atom. The molecule has 2 aromatic carbocycles. The largest absolute Gasteiger partial charge is 0.381 e. The number of nitrogens with two attached hydrogens (primary N) is 1. The quantitative estimate of drug-likeness (QED) is 0.461. The maximum Gasteiger partial charge on any atom is 0.251 e. The molecule has 3 atom stereocenters. The Bertz CT molecular complexity index is 1050. The van der Waals surface area contributed by atoms with E-state index in [1.807, 2.05) is 30.3 Å². The number of amides is 4. The Morgan fingerprint density at radius 1 is 1.12 bits per heavy atom. The normalized spacial score (nSPS) is 17.6. The van der Waals surface area contributed by atoms with Crippen LogP contribution in [0, 0.1) is 5.92 Å². The maximum absolute atomic E-state index is 12.8. The van der Waals surface area contributed by atoms with Gasteiger partial charge in [-0.05, 0) is 41.7 Å². The van der Waals surface area contributed by atoms with Crippen molar-refractivity contribution in [2.24, 2.45) is 11.7 Å². The van der Waals surface area contributed by atoms with Crippen LogP contribution in [0.25, 0.3) is 10.8 Å². The van der Waals surface area contributed by atoms with Crippen LogP contribution in [0.3, 0.4) is 0 Å². The van der Waals surface area contributed by atoms with Crippen molar-refractivity contribution in [3.8, 4) is 0 Å². The summed E-state index contributed by atoms with van der Waals surface area (Å²) >= 11 is 0. The van der Waals surface area contributed by atoms with Gasteiger partial charge in [-0.25, -0.2) is 0 Å². The molecular weight excluding hydrogens is 424 g/mol. The summed E-state index contributed by atoms with van der Waals surface area (Å²) in [6.07, 6.45) is -0.443. The predicted molar refractivity (Wildman–Crippen MR) is 123 cm³/mol. The molecule has 9 heteroatoms. The van der Waals surface area contributed by atoms with Gasteiger partial charge in [-0.15, -0.1) is 0 Å². The predicted octanol–water partition coefficient (Wildman–Crippen LogP) is 0.548. The van der Waals surface area contributed by atoms with E-state index in [1.165, 1.54) is 4.90 Å². The first-order valence-electron chi connectivity index (χ1n) is 11.0. The van der Waals surface area contributed by atoms with Gasteiger partial charge < -0.3 is 26.4 Å². The van der Waals surface area contributed by atoms with Crippen LogP contribution in [0.4, 0.5) is 0 Å². The van der Waals surface area contributed by atoms with Crippen molar-refractivity contribution >= 4 is 34.4 Å². The minimum Gasteiger partial charge on any atom is -0.381 e. The van der Waals surface area contributed by atoms with E-state index < -0.39 is 30.0 Å². The number of hydrogen-bond donors (Lipinski definition) is 4. The molecule has 3 unspecified atom stereocenters. The molecule has 3 rings (SSSR count). The molecule has 5 N–H and O–H groups in total. The number of aliphatic hydroxyl groups is 1. The number of nitrogens with zero attached hydrogens (tertiary/aromatic N) is 1. The molecule has 4 amide bonds. The lowest BCUT2D eigenvalue weighted by molar-refractivity contribution is -0.139. The van der Waals surface area contributed by atoms with Crippen molar-refractivity contribution in [1.29, 1.82) is 0 Å². The fourth-order valence-electron chi connectivity index (χ4n) is 4.08. The number of primary amides is 1. The molecule has 1 heterocycles. The lowest BCUT2D eigenvalue weighted by Gasteiger charge is -2.29. The SMILES string of the molecule is CC(C)C(NC(=O)C1CCCN1C(=O)CNC(=O)c1ccc2ccccc2c1)C(O)C(N)=O. The molecule has 1 aliphatic heterocycles. The Balaban J connectivity index is 1.61. The molecule has 2 aromatic rings. The van der Waals surface area contributed by atoms with Gasteiger partial charge >= 0.3 is 0 Å². The van der Waals surface area contributed by atoms with Gasteiger partial charge in [-0.1, -0.05) is 44.2 Å². The lowest BCUT2D eigenvalue weighted by Crippen LogP contribution is -2.56. The highest BCUT2D eigenvalue weighted by Crippen LogP contribution is 2.19. The molecule has 1 fully saturated rings. The first-order valence-corrected chi connectivity index (χ1v) is 11.0.